The first-order valence-corrected chi connectivity index (χ1v) is 6.93. The summed E-state index contributed by atoms with van der Waals surface area (Å²) in [7, 11) is 0. The van der Waals surface area contributed by atoms with Crippen LogP contribution in [0.4, 0.5) is 0 Å². The molecule has 21 heavy (non-hydrogen) atoms. The second kappa shape index (κ2) is 5.51. The molecule has 0 unspecified atom stereocenters. The van der Waals surface area contributed by atoms with Gasteiger partial charge >= 0.3 is 0 Å². The highest BCUT2D eigenvalue weighted by Gasteiger charge is 2.25. The molecule has 1 amide bonds. The van der Waals surface area contributed by atoms with Gasteiger partial charge in [0.1, 0.15) is 5.76 Å². The zero-order chi connectivity index (χ0) is 14.8. The molecule has 0 radical (unpaired) electrons. The van der Waals surface area contributed by atoms with Crippen molar-refractivity contribution in [3.05, 3.63) is 45.7 Å². The van der Waals surface area contributed by atoms with Crippen LogP contribution in [0.1, 0.15) is 40.7 Å². The SMILES string of the molecule is Cc1cc(C(=O)NCCn2nc(C3CC3)ccc2=O)no1. The number of hydrogen-bond acceptors (Lipinski definition) is 5. The van der Waals surface area contributed by atoms with Gasteiger partial charge in [0.25, 0.3) is 11.5 Å². The quantitative estimate of drug-likeness (QED) is 0.880. The molecule has 1 N–H and O–H groups in total. The largest absolute Gasteiger partial charge is 0.361 e. The van der Waals surface area contributed by atoms with Crippen molar-refractivity contribution in [2.45, 2.75) is 32.2 Å². The summed E-state index contributed by atoms with van der Waals surface area (Å²) in [6.07, 6.45) is 2.26. The Hall–Kier alpha value is -2.44. The lowest BCUT2D eigenvalue weighted by Gasteiger charge is -2.07. The Balaban J connectivity index is 1.59. The standard InChI is InChI=1S/C14H16N4O3/c1-9-8-12(17-21-9)14(20)15-6-7-18-13(19)5-4-11(16-18)10-2-3-10/h4-5,8,10H,2-3,6-7H2,1H3,(H,15,20). The fourth-order valence-electron chi connectivity index (χ4n) is 2.06. The number of carbonyl (C=O) groups is 1. The molecule has 1 aliphatic carbocycles. The number of hydrogen-bond donors (Lipinski definition) is 1. The van der Waals surface area contributed by atoms with Crippen LogP contribution in [0.3, 0.4) is 0 Å². The zero-order valence-corrected chi connectivity index (χ0v) is 11.7. The average Bonchev–Trinajstić information content (AvgIpc) is 3.22. The van der Waals surface area contributed by atoms with Crippen LogP contribution < -0.4 is 10.9 Å². The predicted molar refractivity (Wildman–Crippen MR) is 74.0 cm³/mol. The Morgan fingerprint density at radius 2 is 2.29 bits per heavy atom. The first-order chi connectivity index (χ1) is 10.1. The van der Waals surface area contributed by atoms with Crippen molar-refractivity contribution in [1.29, 1.82) is 0 Å². The average molecular weight is 288 g/mol. The van der Waals surface area contributed by atoms with Gasteiger partial charge in [-0.1, -0.05) is 5.16 Å². The number of carbonyl (C=O) groups excluding carboxylic acids is 1. The number of nitrogens with one attached hydrogen (secondary N) is 1. The summed E-state index contributed by atoms with van der Waals surface area (Å²) in [5.74, 6) is 0.748. The Bertz CT molecular complexity index is 715. The number of aromatic nitrogens is 3. The lowest BCUT2D eigenvalue weighted by molar-refractivity contribution is 0.0942. The predicted octanol–water partition coefficient (Wildman–Crippen LogP) is 0.847. The van der Waals surface area contributed by atoms with Gasteiger partial charge in [0.05, 0.1) is 12.2 Å². The van der Waals surface area contributed by atoms with Crippen LogP contribution in [0, 0.1) is 6.92 Å². The van der Waals surface area contributed by atoms with Crippen molar-refractivity contribution in [3.8, 4) is 0 Å². The normalized spacial score (nSPS) is 14.1. The van der Waals surface area contributed by atoms with Gasteiger partial charge in [-0.05, 0) is 25.8 Å². The fraction of sp³-hybridized carbons (Fsp3) is 0.429. The molecule has 0 atom stereocenters. The van der Waals surface area contributed by atoms with Gasteiger partial charge < -0.3 is 9.84 Å². The van der Waals surface area contributed by atoms with E-state index in [1.807, 2.05) is 0 Å². The van der Waals surface area contributed by atoms with E-state index in [1.54, 1.807) is 19.1 Å². The minimum Gasteiger partial charge on any atom is -0.361 e. The number of amides is 1. The maximum atomic E-state index is 11.8. The van der Waals surface area contributed by atoms with Gasteiger partial charge in [0.15, 0.2) is 5.69 Å². The highest BCUT2D eigenvalue weighted by Crippen LogP contribution is 2.38. The maximum Gasteiger partial charge on any atom is 0.273 e. The van der Waals surface area contributed by atoms with Crippen LogP contribution in [0.2, 0.25) is 0 Å². The molecule has 0 aromatic carbocycles. The van der Waals surface area contributed by atoms with Crippen LogP contribution in [0.5, 0.6) is 0 Å². The molecule has 2 aromatic rings. The molecular weight excluding hydrogens is 272 g/mol. The summed E-state index contributed by atoms with van der Waals surface area (Å²) in [6.45, 7) is 2.37. The van der Waals surface area contributed by atoms with E-state index in [0.717, 1.165) is 18.5 Å². The molecule has 7 heteroatoms. The van der Waals surface area contributed by atoms with Crippen molar-refractivity contribution < 1.29 is 9.32 Å². The minimum atomic E-state index is -0.321. The molecule has 110 valence electrons. The molecule has 0 saturated heterocycles. The van der Waals surface area contributed by atoms with Crippen molar-refractivity contribution in [2.75, 3.05) is 6.54 Å². The van der Waals surface area contributed by atoms with Gasteiger partial charge in [0, 0.05) is 24.6 Å². The van der Waals surface area contributed by atoms with Crippen LogP contribution in [0.15, 0.2) is 27.5 Å². The van der Waals surface area contributed by atoms with Gasteiger partial charge in [-0.2, -0.15) is 5.10 Å². The van der Waals surface area contributed by atoms with Crippen LogP contribution in [-0.2, 0) is 6.54 Å². The lowest BCUT2D eigenvalue weighted by Crippen LogP contribution is -2.32. The van der Waals surface area contributed by atoms with Crippen LogP contribution in [0.25, 0.3) is 0 Å². The van der Waals surface area contributed by atoms with Crippen molar-refractivity contribution in [2.24, 2.45) is 0 Å². The molecular formula is C14H16N4O3. The maximum absolute atomic E-state index is 11.8. The smallest absolute Gasteiger partial charge is 0.273 e. The fourth-order valence-corrected chi connectivity index (χ4v) is 2.06. The molecule has 0 spiro atoms. The van der Waals surface area contributed by atoms with E-state index in [2.05, 4.69) is 15.6 Å². The Morgan fingerprint density at radius 3 is 2.95 bits per heavy atom. The molecule has 0 bridgehead atoms. The van der Waals surface area contributed by atoms with E-state index in [0.29, 0.717) is 24.8 Å². The van der Waals surface area contributed by atoms with Gasteiger partial charge in [-0.25, -0.2) is 4.68 Å². The molecule has 1 fully saturated rings. The third kappa shape index (κ3) is 3.18. The third-order valence-electron chi connectivity index (χ3n) is 3.35. The number of aryl methyl sites for hydroxylation is 1. The number of nitrogens with zero attached hydrogens (tertiary/aromatic N) is 3. The van der Waals surface area contributed by atoms with Crippen LogP contribution in [-0.4, -0.2) is 27.4 Å². The van der Waals surface area contributed by atoms with Crippen molar-refractivity contribution >= 4 is 5.91 Å². The van der Waals surface area contributed by atoms with Crippen LogP contribution >= 0.6 is 0 Å². The molecule has 1 aliphatic rings. The minimum absolute atomic E-state index is 0.161. The lowest BCUT2D eigenvalue weighted by atomic mass is 10.3. The molecule has 2 heterocycles. The molecule has 0 aliphatic heterocycles. The Labute approximate surface area is 120 Å². The summed E-state index contributed by atoms with van der Waals surface area (Å²) in [5, 5.41) is 10.7. The second-order valence-corrected chi connectivity index (χ2v) is 5.17. The van der Waals surface area contributed by atoms with Crippen molar-refractivity contribution in [1.82, 2.24) is 20.3 Å². The topological polar surface area (TPSA) is 90.0 Å². The molecule has 1 saturated carbocycles. The first-order valence-electron chi connectivity index (χ1n) is 6.93. The second-order valence-electron chi connectivity index (χ2n) is 5.17. The molecule has 7 nitrogen and oxygen atoms in total. The summed E-state index contributed by atoms with van der Waals surface area (Å²) in [6, 6.07) is 4.88. The number of rotatable bonds is 5. The van der Waals surface area contributed by atoms with Gasteiger partial charge in [-0.3, -0.25) is 9.59 Å². The molecule has 2 aromatic heterocycles. The van der Waals surface area contributed by atoms with Gasteiger partial charge in [0.2, 0.25) is 0 Å². The van der Waals surface area contributed by atoms with E-state index < -0.39 is 0 Å². The summed E-state index contributed by atoms with van der Waals surface area (Å²) in [4.78, 5) is 23.5. The Kier molecular flexibility index (Phi) is 3.55. The summed E-state index contributed by atoms with van der Waals surface area (Å²) in [5.41, 5.74) is 1.03. The highest BCUT2D eigenvalue weighted by atomic mass is 16.5. The monoisotopic (exact) mass is 288 g/mol. The zero-order valence-electron chi connectivity index (χ0n) is 11.7. The highest BCUT2D eigenvalue weighted by molar-refractivity contribution is 5.92. The van der Waals surface area contributed by atoms with E-state index in [4.69, 9.17) is 4.52 Å². The third-order valence-corrected chi connectivity index (χ3v) is 3.35. The van der Waals surface area contributed by atoms with E-state index in [9.17, 15) is 9.59 Å². The van der Waals surface area contributed by atoms with E-state index >= 15 is 0 Å². The summed E-state index contributed by atoms with van der Waals surface area (Å²) < 4.78 is 6.23. The van der Waals surface area contributed by atoms with E-state index in [-0.39, 0.29) is 17.2 Å². The summed E-state index contributed by atoms with van der Waals surface area (Å²) >= 11 is 0. The Morgan fingerprint density at radius 1 is 1.48 bits per heavy atom. The first kappa shape index (κ1) is 13.5. The van der Waals surface area contributed by atoms with Crippen molar-refractivity contribution in [3.63, 3.8) is 0 Å². The van der Waals surface area contributed by atoms with Gasteiger partial charge in [-0.15, -0.1) is 0 Å². The van der Waals surface area contributed by atoms with E-state index in [1.165, 1.54) is 10.7 Å². The molecule has 3 rings (SSSR count).